The van der Waals surface area contributed by atoms with Gasteiger partial charge in [0.1, 0.15) is 0 Å². The lowest BCUT2D eigenvalue weighted by molar-refractivity contribution is 0.172. The van der Waals surface area contributed by atoms with Gasteiger partial charge in [-0.15, -0.1) is 0 Å². The van der Waals surface area contributed by atoms with E-state index in [2.05, 4.69) is 13.8 Å². The molecule has 0 atom stereocenters. The Balaban J connectivity index is 3.12. The van der Waals surface area contributed by atoms with Crippen molar-refractivity contribution in [2.75, 3.05) is 12.4 Å². The van der Waals surface area contributed by atoms with Crippen molar-refractivity contribution in [2.45, 2.75) is 117 Å². The lowest BCUT2D eigenvalue weighted by atomic mass is 10.1. The highest BCUT2D eigenvalue weighted by atomic mass is 33.1. The third-order valence-electron chi connectivity index (χ3n) is 4.43. The molecule has 0 saturated carbocycles. The van der Waals surface area contributed by atoms with Gasteiger partial charge in [-0.25, -0.2) is 4.79 Å². The zero-order valence-corrected chi connectivity index (χ0v) is 18.5. The van der Waals surface area contributed by atoms with Crippen molar-refractivity contribution in [3.05, 3.63) is 0 Å². The number of carbonyl (C=O) groups is 1. The first-order valence-corrected chi connectivity index (χ1v) is 13.1. The smallest absolute Gasteiger partial charge is 0.378 e. The van der Waals surface area contributed by atoms with Gasteiger partial charge in [-0.1, -0.05) is 115 Å². The molecule has 2 nitrogen and oxygen atoms in total. The summed E-state index contributed by atoms with van der Waals surface area (Å²) in [6, 6.07) is 0. The van der Waals surface area contributed by atoms with Crippen LogP contribution in [0.5, 0.6) is 0 Å². The van der Waals surface area contributed by atoms with E-state index in [-0.39, 0.29) is 5.30 Å². The third-order valence-corrected chi connectivity index (χ3v) is 6.51. The molecule has 150 valence electrons. The average molecular weight is 391 g/mol. The van der Waals surface area contributed by atoms with Crippen LogP contribution in [0.15, 0.2) is 0 Å². The van der Waals surface area contributed by atoms with Crippen LogP contribution < -0.4 is 0 Å². The van der Waals surface area contributed by atoms with Crippen molar-refractivity contribution in [2.24, 2.45) is 0 Å². The Kier molecular flexibility index (Phi) is 22.4. The monoisotopic (exact) mass is 390 g/mol. The summed E-state index contributed by atoms with van der Waals surface area (Å²) in [4.78, 5) is 11.6. The number of unbranched alkanes of at least 4 members (excludes halogenated alkanes) is 14. The quantitative estimate of drug-likeness (QED) is 0.125. The van der Waals surface area contributed by atoms with E-state index in [0.717, 1.165) is 12.2 Å². The SMILES string of the molecule is CCCCCCCCCCCCSSC(=O)OCCCCCCCC. The first-order valence-electron chi connectivity index (χ1n) is 10.8. The molecule has 0 saturated heterocycles. The van der Waals surface area contributed by atoms with Gasteiger partial charge in [0.25, 0.3) is 0 Å². The third kappa shape index (κ3) is 22.1. The largest absolute Gasteiger partial charge is 0.457 e. The van der Waals surface area contributed by atoms with Crippen molar-refractivity contribution >= 4 is 26.9 Å². The molecule has 0 bridgehead atoms. The van der Waals surface area contributed by atoms with E-state index < -0.39 is 0 Å². The maximum atomic E-state index is 11.6. The zero-order chi connectivity index (χ0) is 18.4. The first-order chi connectivity index (χ1) is 12.3. The normalized spacial score (nSPS) is 11.0. The summed E-state index contributed by atoms with van der Waals surface area (Å²) in [5.74, 6) is 1.06. The minimum Gasteiger partial charge on any atom is -0.457 e. The van der Waals surface area contributed by atoms with Crippen LogP contribution in [-0.4, -0.2) is 17.7 Å². The van der Waals surface area contributed by atoms with Crippen LogP contribution in [0, 0.1) is 0 Å². The molecule has 0 aromatic carbocycles. The van der Waals surface area contributed by atoms with Crippen LogP contribution >= 0.6 is 21.6 Å². The second kappa shape index (κ2) is 22.2. The predicted octanol–water partition coefficient (Wildman–Crippen LogP) is 8.79. The van der Waals surface area contributed by atoms with E-state index in [1.807, 2.05) is 0 Å². The van der Waals surface area contributed by atoms with Gasteiger partial charge in [0.15, 0.2) is 0 Å². The molecule has 0 heterocycles. The van der Waals surface area contributed by atoms with Crippen molar-refractivity contribution in [1.29, 1.82) is 0 Å². The van der Waals surface area contributed by atoms with E-state index in [9.17, 15) is 4.79 Å². The average Bonchev–Trinajstić information content (AvgIpc) is 2.62. The van der Waals surface area contributed by atoms with Crippen molar-refractivity contribution in [3.8, 4) is 0 Å². The van der Waals surface area contributed by atoms with Crippen LogP contribution in [0.3, 0.4) is 0 Å². The van der Waals surface area contributed by atoms with Gasteiger partial charge in [-0.3, -0.25) is 0 Å². The fraction of sp³-hybridized carbons (Fsp3) is 0.952. The molecule has 0 N–H and O–H groups in total. The van der Waals surface area contributed by atoms with E-state index in [1.165, 1.54) is 107 Å². The maximum Gasteiger partial charge on any atom is 0.378 e. The summed E-state index contributed by atoms with van der Waals surface area (Å²) in [6.45, 7) is 5.09. The summed E-state index contributed by atoms with van der Waals surface area (Å²) < 4.78 is 5.25. The molecule has 0 radical (unpaired) electrons. The Morgan fingerprint density at radius 1 is 0.640 bits per heavy atom. The van der Waals surface area contributed by atoms with E-state index in [0.29, 0.717) is 6.61 Å². The molecule has 0 aliphatic carbocycles. The molecule has 0 spiro atoms. The van der Waals surface area contributed by atoms with Gasteiger partial charge < -0.3 is 4.74 Å². The zero-order valence-electron chi connectivity index (χ0n) is 16.9. The molecule has 0 aliphatic rings. The standard InChI is InChI=1S/C21H42O2S2/c1-3-5-7-9-11-12-13-14-16-18-20-24-25-21(22)23-19-17-15-10-8-6-4-2/h3-20H2,1-2H3. The van der Waals surface area contributed by atoms with Crippen molar-refractivity contribution in [1.82, 2.24) is 0 Å². The van der Waals surface area contributed by atoms with Crippen molar-refractivity contribution in [3.63, 3.8) is 0 Å². The van der Waals surface area contributed by atoms with Gasteiger partial charge in [-0.2, -0.15) is 0 Å². The molecule has 0 aromatic heterocycles. The summed E-state index contributed by atoms with van der Waals surface area (Å²) in [5, 5.41) is -0.106. The summed E-state index contributed by atoms with van der Waals surface area (Å²) in [6.07, 6.45) is 21.0. The highest BCUT2D eigenvalue weighted by Gasteiger charge is 2.04. The van der Waals surface area contributed by atoms with Crippen LogP contribution in [0.1, 0.15) is 117 Å². The van der Waals surface area contributed by atoms with Gasteiger partial charge in [0.05, 0.1) is 6.61 Å². The second-order valence-corrected chi connectivity index (χ2v) is 9.30. The highest BCUT2D eigenvalue weighted by molar-refractivity contribution is 8.82. The number of ether oxygens (including phenoxy) is 1. The van der Waals surface area contributed by atoms with Crippen LogP contribution in [0.4, 0.5) is 4.79 Å². The summed E-state index contributed by atoms with van der Waals surface area (Å²) >= 11 is 0. The molecule has 25 heavy (non-hydrogen) atoms. The van der Waals surface area contributed by atoms with E-state index in [1.54, 1.807) is 10.8 Å². The lowest BCUT2D eigenvalue weighted by Gasteiger charge is -2.04. The minimum atomic E-state index is -0.106. The molecule has 0 aromatic rings. The minimum absolute atomic E-state index is 0.106. The Morgan fingerprint density at radius 2 is 1.08 bits per heavy atom. The van der Waals surface area contributed by atoms with Gasteiger partial charge in [0, 0.05) is 16.5 Å². The number of hydrogen-bond acceptors (Lipinski definition) is 4. The summed E-state index contributed by atoms with van der Waals surface area (Å²) in [7, 11) is 2.94. The topological polar surface area (TPSA) is 26.3 Å². The molecular weight excluding hydrogens is 348 g/mol. The molecular formula is C21H42O2S2. The van der Waals surface area contributed by atoms with Crippen molar-refractivity contribution < 1.29 is 9.53 Å². The second-order valence-electron chi connectivity index (χ2n) is 6.95. The van der Waals surface area contributed by atoms with Gasteiger partial charge in [0.2, 0.25) is 0 Å². The molecule has 0 aliphatic heterocycles. The molecule has 0 rings (SSSR count). The van der Waals surface area contributed by atoms with Crippen LogP contribution in [0.25, 0.3) is 0 Å². The Bertz CT molecular complexity index is 273. The van der Waals surface area contributed by atoms with Crippen LogP contribution in [-0.2, 0) is 4.74 Å². The highest BCUT2D eigenvalue weighted by Crippen LogP contribution is 2.25. The predicted molar refractivity (Wildman–Crippen MR) is 117 cm³/mol. The fourth-order valence-corrected chi connectivity index (χ4v) is 4.47. The fourth-order valence-electron chi connectivity index (χ4n) is 2.80. The molecule has 4 heteroatoms. The molecule has 0 amide bonds. The maximum absolute atomic E-state index is 11.6. The lowest BCUT2D eigenvalue weighted by Crippen LogP contribution is -1.98. The van der Waals surface area contributed by atoms with E-state index in [4.69, 9.17) is 4.74 Å². The van der Waals surface area contributed by atoms with E-state index >= 15 is 0 Å². The Hall–Kier alpha value is 0.170. The Morgan fingerprint density at radius 3 is 1.60 bits per heavy atom. The molecule has 0 unspecified atom stereocenters. The number of carbonyl (C=O) groups excluding carboxylic acids is 1. The van der Waals surface area contributed by atoms with Gasteiger partial charge >= 0.3 is 5.30 Å². The summed E-state index contributed by atoms with van der Waals surface area (Å²) in [5.41, 5.74) is 0. The van der Waals surface area contributed by atoms with Crippen LogP contribution in [0.2, 0.25) is 0 Å². The van der Waals surface area contributed by atoms with Gasteiger partial charge in [-0.05, 0) is 12.8 Å². The molecule has 0 fully saturated rings. The number of hydrogen-bond donors (Lipinski definition) is 0. The Labute approximate surface area is 165 Å². The number of rotatable bonds is 19. The first kappa shape index (κ1) is 25.2.